The molecule has 0 aliphatic heterocycles. The van der Waals surface area contributed by atoms with Gasteiger partial charge in [-0.1, -0.05) is 12.1 Å². The van der Waals surface area contributed by atoms with Gasteiger partial charge in [-0.05, 0) is 35.9 Å². The molecule has 0 unspecified atom stereocenters. The normalized spacial score (nSPS) is 11.4. The minimum atomic E-state index is -3.20. The summed E-state index contributed by atoms with van der Waals surface area (Å²) in [5, 5.41) is 0.703. The molecule has 1 aromatic heterocycles. The second kappa shape index (κ2) is 6.52. The maximum atomic E-state index is 12.3. The third-order valence-corrected chi connectivity index (χ3v) is 4.25. The lowest BCUT2D eigenvalue weighted by molar-refractivity contribution is 0.0735. The van der Waals surface area contributed by atoms with Gasteiger partial charge < -0.3 is 9.15 Å². The van der Waals surface area contributed by atoms with Crippen molar-refractivity contribution < 1.29 is 22.4 Å². The topological polar surface area (TPSA) is 90.6 Å². The number of carbonyl (C=O) groups excluding carboxylic acids is 1. The number of sulfone groups is 1. The Labute approximate surface area is 143 Å². The van der Waals surface area contributed by atoms with Crippen LogP contribution in [0.4, 0.5) is 0 Å². The number of ether oxygens (including phenoxy) is 1. The molecule has 0 N–H and O–H groups in total. The van der Waals surface area contributed by atoms with Crippen molar-refractivity contribution in [3.63, 3.8) is 0 Å². The highest BCUT2D eigenvalue weighted by atomic mass is 32.2. The maximum Gasteiger partial charge on any atom is 0.343 e. The van der Waals surface area contributed by atoms with Crippen LogP contribution in [0.15, 0.2) is 63.8 Å². The Morgan fingerprint density at radius 2 is 1.84 bits per heavy atom. The molecule has 0 bridgehead atoms. The van der Waals surface area contributed by atoms with E-state index in [0.717, 1.165) is 6.26 Å². The number of hydrogen-bond acceptors (Lipinski definition) is 6. The number of fused-ring (bicyclic) bond motifs is 1. The SMILES string of the molecule is CS(=O)(=O)Cc1cccc(C(=O)Oc2ccc3ccc(=O)oc3c2)c1. The quantitative estimate of drug-likeness (QED) is 0.404. The molecule has 0 spiro atoms. The van der Waals surface area contributed by atoms with E-state index in [4.69, 9.17) is 9.15 Å². The highest BCUT2D eigenvalue weighted by molar-refractivity contribution is 7.89. The molecule has 0 fully saturated rings. The summed E-state index contributed by atoms with van der Waals surface area (Å²) < 4.78 is 33.1. The second-order valence-corrected chi connectivity index (χ2v) is 7.75. The number of carbonyl (C=O) groups is 1. The average Bonchev–Trinajstić information content (AvgIpc) is 2.53. The predicted molar refractivity (Wildman–Crippen MR) is 92.4 cm³/mol. The molecule has 0 radical (unpaired) electrons. The van der Waals surface area contributed by atoms with Crippen LogP contribution >= 0.6 is 0 Å². The van der Waals surface area contributed by atoms with E-state index in [1.165, 1.54) is 24.3 Å². The van der Waals surface area contributed by atoms with Gasteiger partial charge in [-0.15, -0.1) is 0 Å². The van der Waals surface area contributed by atoms with Crippen LogP contribution in [0, 0.1) is 0 Å². The number of rotatable bonds is 4. The third-order valence-electron chi connectivity index (χ3n) is 3.40. The van der Waals surface area contributed by atoms with Crippen LogP contribution in [0.3, 0.4) is 0 Å². The van der Waals surface area contributed by atoms with E-state index in [-0.39, 0.29) is 17.1 Å². The van der Waals surface area contributed by atoms with E-state index < -0.39 is 21.4 Å². The van der Waals surface area contributed by atoms with E-state index in [1.807, 2.05) is 0 Å². The lowest BCUT2D eigenvalue weighted by Crippen LogP contribution is -2.09. The van der Waals surface area contributed by atoms with Gasteiger partial charge in [0.1, 0.15) is 11.3 Å². The lowest BCUT2D eigenvalue weighted by Gasteiger charge is -2.06. The molecule has 0 saturated heterocycles. The van der Waals surface area contributed by atoms with Gasteiger partial charge in [-0.25, -0.2) is 18.0 Å². The first-order valence-corrected chi connectivity index (χ1v) is 9.39. The van der Waals surface area contributed by atoms with Crippen molar-refractivity contribution in [2.45, 2.75) is 5.75 Å². The Morgan fingerprint density at radius 3 is 2.60 bits per heavy atom. The van der Waals surface area contributed by atoms with Crippen LogP contribution in [0.1, 0.15) is 15.9 Å². The summed E-state index contributed by atoms with van der Waals surface area (Å²) in [5.74, 6) is -0.566. The van der Waals surface area contributed by atoms with Crippen LogP contribution in [-0.4, -0.2) is 20.6 Å². The third kappa shape index (κ3) is 4.33. The summed E-state index contributed by atoms with van der Waals surface area (Å²) in [6.45, 7) is 0. The molecule has 25 heavy (non-hydrogen) atoms. The van der Waals surface area contributed by atoms with Gasteiger partial charge in [-0.2, -0.15) is 0 Å². The Bertz CT molecular complexity index is 1110. The molecular weight excluding hydrogens is 344 g/mol. The first-order valence-electron chi connectivity index (χ1n) is 7.33. The summed E-state index contributed by atoms with van der Waals surface area (Å²) in [6.07, 6.45) is 1.13. The zero-order valence-corrected chi connectivity index (χ0v) is 14.1. The first-order chi connectivity index (χ1) is 11.8. The molecule has 0 saturated carbocycles. The van der Waals surface area contributed by atoms with Crippen molar-refractivity contribution in [2.75, 3.05) is 6.26 Å². The Morgan fingerprint density at radius 1 is 1.08 bits per heavy atom. The molecule has 6 nitrogen and oxygen atoms in total. The van der Waals surface area contributed by atoms with Gasteiger partial charge >= 0.3 is 11.6 Å². The highest BCUT2D eigenvalue weighted by Gasteiger charge is 2.12. The molecule has 0 aliphatic carbocycles. The van der Waals surface area contributed by atoms with E-state index in [2.05, 4.69) is 0 Å². The molecule has 3 aromatic rings. The Kier molecular flexibility index (Phi) is 4.41. The number of benzene rings is 2. The summed E-state index contributed by atoms with van der Waals surface area (Å²) in [6, 6.07) is 13.9. The smallest absolute Gasteiger partial charge is 0.343 e. The van der Waals surface area contributed by atoms with Crippen LogP contribution in [0.5, 0.6) is 5.75 Å². The standard InChI is InChI=1S/C18H14O6S/c1-25(21,22)11-12-3-2-4-14(9-12)18(20)23-15-7-5-13-6-8-17(19)24-16(13)10-15/h2-10H,11H2,1H3. The fourth-order valence-electron chi connectivity index (χ4n) is 2.36. The molecule has 7 heteroatoms. The maximum absolute atomic E-state index is 12.3. The zero-order chi connectivity index (χ0) is 18.0. The van der Waals surface area contributed by atoms with Crippen molar-refractivity contribution in [3.8, 4) is 5.75 Å². The molecule has 0 amide bonds. The van der Waals surface area contributed by atoms with Gasteiger partial charge in [-0.3, -0.25) is 0 Å². The highest BCUT2D eigenvalue weighted by Crippen LogP contribution is 2.21. The average molecular weight is 358 g/mol. The van der Waals surface area contributed by atoms with Gasteiger partial charge in [0.05, 0.1) is 11.3 Å². The minimum absolute atomic E-state index is 0.157. The molecule has 3 rings (SSSR count). The number of esters is 1. The van der Waals surface area contributed by atoms with Crippen molar-refractivity contribution >= 4 is 26.8 Å². The fraction of sp³-hybridized carbons (Fsp3) is 0.111. The van der Waals surface area contributed by atoms with Gasteiger partial charge in [0.25, 0.3) is 0 Å². The Hall–Kier alpha value is -2.93. The van der Waals surface area contributed by atoms with Crippen LogP contribution in [0.25, 0.3) is 11.0 Å². The van der Waals surface area contributed by atoms with Crippen molar-refractivity contribution in [1.29, 1.82) is 0 Å². The van der Waals surface area contributed by atoms with Gasteiger partial charge in [0.2, 0.25) is 0 Å². The van der Waals surface area contributed by atoms with Gasteiger partial charge in [0, 0.05) is 23.8 Å². The van der Waals surface area contributed by atoms with E-state index in [9.17, 15) is 18.0 Å². The van der Waals surface area contributed by atoms with Gasteiger partial charge in [0.15, 0.2) is 9.84 Å². The fourth-order valence-corrected chi connectivity index (χ4v) is 3.15. The van der Waals surface area contributed by atoms with E-state index in [0.29, 0.717) is 16.5 Å². The number of hydrogen-bond donors (Lipinski definition) is 0. The molecule has 1 heterocycles. The van der Waals surface area contributed by atoms with Crippen LogP contribution in [-0.2, 0) is 15.6 Å². The van der Waals surface area contributed by atoms with E-state index >= 15 is 0 Å². The van der Waals surface area contributed by atoms with Crippen LogP contribution in [0.2, 0.25) is 0 Å². The minimum Gasteiger partial charge on any atom is -0.423 e. The largest absolute Gasteiger partial charge is 0.423 e. The van der Waals surface area contributed by atoms with Crippen LogP contribution < -0.4 is 10.4 Å². The lowest BCUT2D eigenvalue weighted by atomic mass is 10.1. The molecular formula is C18H14O6S. The first kappa shape index (κ1) is 16.9. The van der Waals surface area contributed by atoms with Crippen molar-refractivity contribution in [3.05, 3.63) is 76.1 Å². The van der Waals surface area contributed by atoms with E-state index in [1.54, 1.807) is 30.3 Å². The molecule has 0 aliphatic rings. The molecule has 0 atom stereocenters. The van der Waals surface area contributed by atoms with Crippen molar-refractivity contribution in [1.82, 2.24) is 0 Å². The summed E-state index contributed by atoms with van der Waals surface area (Å²) >= 11 is 0. The Balaban J connectivity index is 1.85. The predicted octanol–water partition coefficient (Wildman–Crippen LogP) is 2.56. The molecule has 128 valence electrons. The zero-order valence-electron chi connectivity index (χ0n) is 13.3. The summed E-state index contributed by atoms with van der Waals surface area (Å²) in [7, 11) is -3.20. The molecule has 2 aromatic carbocycles. The summed E-state index contributed by atoms with van der Waals surface area (Å²) in [5.41, 5.74) is 0.547. The second-order valence-electron chi connectivity index (χ2n) is 5.61. The van der Waals surface area contributed by atoms with Crippen molar-refractivity contribution in [2.24, 2.45) is 0 Å². The monoisotopic (exact) mass is 358 g/mol. The summed E-state index contributed by atoms with van der Waals surface area (Å²) in [4.78, 5) is 23.5.